The molecule has 0 aliphatic carbocycles. The Balaban J connectivity index is 2.49. The SMILES string of the molecule is Nc1cccc(F)c1CS(=O)(=O)c1cc(Cl)ccc1Cl. The Labute approximate surface area is 126 Å². The molecule has 0 radical (unpaired) electrons. The molecule has 2 N–H and O–H groups in total. The molecule has 3 nitrogen and oxygen atoms in total. The van der Waals surface area contributed by atoms with Gasteiger partial charge in [0.15, 0.2) is 9.84 Å². The molecule has 2 aromatic rings. The molecule has 0 bridgehead atoms. The van der Waals surface area contributed by atoms with Gasteiger partial charge in [-0.2, -0.15) is 0 Å². The van der Waals surface area contributed by atoms with Gasteiger partial charge in [-0.15, -0.1) is 0 Å². The van der Waals surface area contributed by atoms with E-state index in [1.54, 1.807) is 0 Å². The molecule has 2 aromatic carbocycles. The third kappa shape index (κ3) is 3.06. The molecule has 0 atom stereocenters. The van der Waals surface area contributed by atoms with E-state index in [2.05, 4.69) is 0 Å². The van der Waals surface area contributed by atoms with Gasteiger partial charge in [-0.25, -0.2) is 12.8 Å². The lowest BCUT2D eigenvalue weighted by atomic mass is 10.2. The molecule has 0 heterocycles. The molecule has 2 rings (SSSR count). The summed E-state index contributed by atoms with van der Waals surface area (Å²) in [4.78, 5) is -0.144. The quantitative estimate of drug-likeness (QED) is 0.871. The average molecular weight is 334 g/mol. The minimum Gasteiger partial charge on any atom is -0.398 e. The maximum absolute atomic E-state index is 13.7. The van der Waals surface area contributed by atoms with Gasteiger partial charge in [0.2, 0.25) is 0 Å². The molecule has 0 fully saturated rings. The monoisotopic (exact) mass is 333 g/mol. The number of benzene rings is 2. The van der Waals surface area contributed by atoms with Crippen LogP contribution in [0.25, 0.3) is 0 Å². The van der Waals surface area contributed by atoms with Crippen molar-refractivity contribution in [2.75, 3.05) is 5.73 Å². The number of halogens is 3. The highest BCUT2D eigenvalue weighted by molar-refractivity contribution is 7.90. The summed E-state index contributed by atoms with van der Waals surface area (Å²) in [6, 6.07) is 8.08. The van der Waals surface area contributed by atoms with Gasteiger partial charge in [0, 0.05) is 16.3 Å². The van der Waals surface area contributed by atoms with Crippen LogP contribution in [0.15, 0.2) is 41.3 Å². The Bertz CT molecular complexity index is 743. The minimum absolute atomic E-state index is 0.0318. The number of rotatable bonds is 3. The summed E-state index contributed by atoms with van der Waals surface area (Å²) in [5, 5.41) is 0.263. The third-order valence-electron chi connectivity index (χ3n) is 2.72. The van der Waals surface area contributed by atoms with E-state index in [1.165, 1.54) is 30.3 Å². The first-order valence-corrected chi connectivity index (χ1v) is 7.93. The van der Waals surface area contributed by atoms with Crippen LogP contribution < -0.4 is 5.73 Å². The molecule has 7 heteroatoms. The Morgan fingerprint density at radius 2 is 1.85 bits per heavy atom. The number of hydrogen-bond acceptors (Lipinski definition) is 3. The van der Waals surface area contributed by atoms with Crippen LogP contribution in [0, 0.1) is 5.82 Å². The second-order valence-corrected chi connectivity index (χ2v) is 6.94. The summed E-state index contributed by atoms with van der Waals surface area (Å²) in [5.41, 5.74) is 5.61. The van der Waals surface area contributed by atoms with E-state index >= 15 is 0 Å². The molecule has 0 amide bonds. The van der Waals surface area contributed by atoms with Gasteiger partial charge in [0.05, 0.1) is 15.7 Å². The normalized spacial score (nSPS) is 11.6. The molecule has 0 aliphatic rings. The molecule has 0 spiro atoms. The topological polar surface area (TPSA) is 60.2 Å². The van der Waals surface area contributed by atoms with Crippen LogP contribution in [0.5, 0.6) is 0 Å². The fourth-order valence-electron chi connectivity index (χ4n) is 1.71. The zero-order chi connectivity index (χ0) is 14.9. The van der Waals surface area contributed by atoms with Crippen LogP contribution in [0.3, 0.4) is 0 Å². The molecule has 0 saturated heterocycles. The van der Waals surface area contributed by atoms with Gasteiger partial charge in [-0.05, 0) is 30.3 Å². The molecule has 106 valence electrons. The number of nitrogen functional groups attached to an aromatic ring is 1. The van der Waals surface area contributed by atoms with Crippen molar-refractivity contribution in [2.45, 2.75) is 10.6 Å². The molecule has 0 unspecified atom stereocenters. The summed E-state index contributed by atoms with van der Waals surface area (Å²) in [6.07, 6.45) is 0. The van der Waals surface area contributed by atoms with Crippen LogP contribution in [0.1, 0.15) is 5.56 Å². The Morgan fingerprint density at radius 1 is 1.15 bits per heavy atom. The van der Waals surface area contributed by atoms with Gasteiger partial charge in [-0.3, -0.25) is 0 Å². The van der Waals surface area contributed by atoms with Gasteiger partial charge in [0.1, 0.15) is 5.82 Å². The van der Waals surface area contributed by atoms with Crippen molar-refractivity contribution in [3.8, 4) is 0 Å². The van der Waals surface area contributed by atoms with E-state index in [1.807, 2.05) is 0 Å². The maximum atomic E-state index is 13.7. The number of nitrogens with two attached hydrogens (primary N) is 1. The highest BCUT2D eigenvalue weighted by Gasteiger charge is 2.22. The van der Waals surface area contributed by atoms with Crippen molar-refractivity contribution >= 4 is 38.7 Å². The first-order chi connectivity index (χ1) is 9.31. The summed E-state index contributed by atoms with van der Waals surface area (Å²) in [5.74, 6) is -1.25. The molecule has 20 heavy (non-hydrogen) atoms. The van der Waals surface area contributed by atoms with Crippen molar-refractivity contribution in [1.29, 1.82) is 0 Å². The van der Waals surface area contributed by atoms with E-state index < -0.39 is 21.4 Å². The van der Waals surface area contributed by atoms with Crippen LogP contribution in [-0.4, -0.2) is 8.42 Å². The Hall–Kier alpha value is -1.30. The second kappa shape index (κ2) is 5.60. The second-order valence-electron chi connectivity index (χ2n) is 4.14. The van der Waals surface area contributed by atoms with Crippen LogP contribution in [0.4, 0.5) is 10.1 Å². The first kappa shape index (κ1) is 15.1. The highest BCUT2D eigenvalue weighted by Crippen LogP contribution is 2.29. The highest BCUT2D eigenvalue weighted by atomic mass is 35.5. The van der Waals surface area contributed by atoms with E-state index in [4.69, 9.17) is 28.9 Å². The predicted molar refractivity (Wildman–Crippen MR) is 78.2 cm³/mol. The van der Waals surface area contributed by atoms with Crippen molar-refractivity contribution in [3.63, 3.8) is 0 Å². The van der Waals surface area contributed by atoms with Gasteiger partial charge in [0.25, 0.3) is 0 Å². The summed E-state index contributed by atoms with van der Waals surface area (Å²) < 4.78 is 38.3. The first-order valence-electron chi connectivity index (χ1n) is 5.52. The summed E-state index contributed by atoms with van der Waals surface area (Å²) >= 11 is 11.6. The number of anilines is 1. The lowest BCUT2D eigenvalue weighted by Crippen LogP contribution is -2.09. The smallest absolute Gasteiger partial charge is 0.184 e. The lowest BCUT2D eigenvalue weighted by Gasteiger charge is -2.10. The van der Waals surface area contributed by atoms with Gasteiger partial charge in [-0.1, -0.05) is 29.3 Å². The summed E-state index contributed by atoms with van der Waals surface area (Å²) in [6.45, 7) is 0. The minimum atomic E-state index is -3.85. The fraction of sp³-hybridized carbons (Fsp3) is 0.0769. The van der Waals surface area contributed by atoms with Gasteiger partial charge < -0.3 is 5.73 Å². The Kier molecular flexibility index (Phi) is 4.22. The molecular formula is C13H10Cl2FNO2S. The predicted octanol–water partition coefficient (Wildman–Crippen LogP) is 3.69. The standard InChI is InChI=1S/C13H10Cl2FNO2S/c14-8-4-5-10(15)13(6-8)20(18,19)7-9-11(16)2-1-3-12(9)17/h1-6H,7,17H2. The van der Waals surface area contributed by atoms with Crippen molar-refractivity contribution in [3.05, 3.63) is 57.8 Å². The van der Waals surface area contributed by atoms with Crippen molar-refractivity contribution in [1.82, 2.24) is 0 Å². The largest absolute Gasteiger partial charge is 0.398 e. The zero-order valence-corrected chi connectivity index (χ0v) is 12.4. The molecular weight excluding hydrogens is 324 g/mol. The average Bonchev–Trinajstić information content (AvgIpc) is 2.37. The van der Waals surface area contributed by atoms with E-state index in [9.17, 15) is 12.8 Å². The molecule has 0 aliphatic heterocycles. The van der Waals surface area contributed by atoms with Crippen molar-refractivity contribution in [2.24, 2.45) is 0 Å². The van der Waals surface area contributed by atoms with E-state index in [-0.39, 0.29) is 26.2 Å². The van der Waals surface area contributed by atoms with Crippen molar-refractivity contribution < 1.29 is 12.8 Å². The maximum Gasteiger partial charge on any atom is 0.184 e. The Morgan fingerprint density at radius 3 is 2.50 bits per heavy atom. The van der Waals surface area contributed by atoms with Crippen LogP contribution in [0.2, 0.25) is 10.0 Å². The van der Waals surface area contributed by atoms with Crippen LogP contribution >= 0.6 is 23.2 Å². The zero-order valence-electron chi connectivity index (χ0n) is 10.1. The number of hydrogen-bond donors (Lipinski definition) is 1. The molecule has 0 aromatic heterocycles. The van der Waals surface area contributed by atoms with Gasteiger partial charge >= 0.3 is 0 Å². The fourth-order valence-corrected chi connectivity index (χ4v) is 3.93. The van der Waals surface area contributed by atoms with E-state index in [0.29, 0.717) is 0 Å². The third-order valence-corrected chi connectivity index (χ3v) is 5.07. The molecule has 0 saturated carbocycles. The van der Waals surface area contributed by atoms with E-state index in [0.717, 1.165) is 6.07 Å². The summed E-state index contributed by atoms with van der Waals surface area (Å²) in [7, 11) is -3.85. The lowest BCUT2D eigenvalue weighted by molar-refractivity contribution is 0.587. The number of sulfone groups is 1. The van der Waals surface area contributed by atoms with Crippen LogP contribution in [-0.2, 0) is 15.6 Å².